The molecule has 0 aliphatic heterocycles. The second-order valence-corrected chi connectivity index (χ2v) is 4.91. The molecule has 1 aliphatic carbocycles. The number of aromatic amines is 1. The molecule has 0 amide bonds. The van der Waals surface area contributed by atoms with Crippen molar-refractivity contribution in [1.29, 1.82) is 0 Å². The Kier molecular flexibility index (Phi) is 3.15. The lowest BCUT2D eigenvalue weighted by Crippen LogP contribution is -2.00. The number of H-pyrrole nitrogens is 1. The molecule has 1 atom stereocenters. The van der Waals surface area contributed by atoms with Crippen LogP contribution in [-0.4, -0.2) is 24.2 Å². The van der Waals surface area contributed by atoms with E-state index in [1.807, 2.05) is 6.20 Å². The van der Waals surface area contributed by atoms with Crippen LogP contribution >= 0.6 is 0 Å². The number of nitrogens with zero attached hydrogens (tertiary/aromatic N) is 1. The summed E-state index contributed by atoms with van der Waals surface area (Å²) in [5.41, 5.74) is 3.87. The first-order chi connectivity index (χ1) is 9.31. The van der Waals surface area contributed by atoms with Crippen LogP contribution in [0.15, 0.2) is 24.7 Å². The number of benzene rings is 1. The Morgan fingerprint density at radius 1 is 1.26 bits per heavy atom. The number of nitrogens with one attached hydrogen (secondary N) is 1. The number of rotatable bonds is 4. The smallest absolute Gasteiger partial charge is 0.161 e. The first-order valence-electron chi connectivity index (χ1n) is 6.54. The van der Waals surface area contributed by atoms with E-state index in [2.05, 4.69) is 22.1 Å². The summed E-state index contributed by atoms with van der Waals surface area (Å²) in [5, 5.41) is 0. The number of hydrogen-bond acceptors (Lipinski definition) is 3. The van der Waals surface area contributed by atoms with Gasteiger partial charge in [-0.3, -0.25) is 0 Å². The van der Waals surface area contributed by atoms with Crippen molar-refractivity contribution < 1.29 is 9.47 Å². The molecule has 1 heterocycles. The topological polar surface area (TPSA) is 47.1 Å². The van der Waals surface area contributed by atoms with E-state index in [1.165, 1.54) is 17.5 Å². The van der Waals surface area contributed by atoms with Gasteiger partial charge in [0.05, 0.1) is 26.2 Å². The third kappa shape index (κ3) is 2.18. The Balaban J connectivity index is 1.91. The molecule has 1 N–H and O–H groups in total. The van der Waals surface area contributed by atoms with Crippen LogP contribution < -0.4 is 9.47 Å². The second kappa shape index (κ2) is 4.96. The van der Waals surface area contributed by atoms with Crippen LogP contribution in [0.2, 0.25) is 0 Å². The fourth-order valence-electron chi connectivity index (χ4n) is 2.89. The summed E-state index contributed by atoms with van der Waals surface area (Å²) in [7, 11) is 3.36. The van der Waals surface area contributed by atoms with Crippen LogP contribution in [-0.2, 0) is 12.8 Å². The molecule has 0 radical (unpaired) electrons. The fraction of sp³-hybridized carbons (Fsp3) is 0.400. The van der Waals surface area contributed by atoms with Crippen molar-refractivity contribution in [3.63, 3.8) is 0 Å². The minimum atomic E-state index is 0.526. The summed E-state index contributed by atoms with van der Waals surface area (Å²) >= 11 is 0. The van der Waals surface area contributed by atoms with Crippen molar-refractivity contribution in [2.45, 2.75) is 25.2 Å². The molecule has 19 heavy (non-hydrogen) atoms. The largest absolute Gasteiger partial charge is 0.493 e. The summed E-state index contributed by atoms with van der Waals surface area (Å²) in [6.07, 6.45) is 6.95. The van der Waals surface area contributed by atoms with Gasteiger partial charge in [-0.15, -0.1) is 0 Å². The molecule has 1 aromatic carbocycles. The van der Waals surface area contributed by atoms with Crippen LogP contribution in [0.5, 0.6) is 11.5 Å². The number of aryl methyl sites for hydroxylation is 1. The average Bonchev–Trinajstić information content (AvgIpc) is 3.08. The summed E-state index contributed by atoms with van der Waals surface area (Å²) in [4.78, 5) is 7.33. The van der Waals surface area contributed by atoms with Crippen LogP contribution in [0.4, 0.5) is 0 Å². The third-order valence-electron chi connectivity index (χ3n) is 3.86. The lowest BCUT2D eigenvalue weighted by Gasteiger charge is -2.13. The van der Waals surface area contributed by atoms with Gasteiger partial charge in [-0.25, -0.2) is 4.98 Å². The molecule has 0 saturated heterocycles. The number of imidazole rings is 1. The Hall–Kier alpha value is -1.97. The maximum atomic E-state index is 5.40. The van der Waals surface area contributed by atoms with Gasteiger partial charge in [0.1, 0.15) is 0 Å². The lowest BCUT2D eigenvalue weighted by atomic mass is 9.96. The van der Waals surface area contributed by atoms with Gasteiger partial charge in [0.15, 0.2) is 11.5 Å². The highest BCUT2D eigenvalue weighted by Gasteiger charge is 2.25. The van der Waals surface area contributed by atoms with E-state index in [1.54, 1.807) is 20.5 Å². The molecule has 100 valence electrons. The highest BCUT2D eigenvalue weighted by molar-refractivity contribution is 5.50. The molecule has 0 spiro atoms. The van der Waals surface area contributed by atoms with E-state index in [4.69, 9.17) is 9.47 Å². The van der Waals surface area contributed by atoms with Gasteiger partial charge in [0.25, 0.3) is 0 Å². The van der Waals surface area contributed by atoms with Gasteiger partial charge < -0.3 is 14.5 Å². The highest BCUT2D eigenvalue weighted by atomic mass is 16.5. The minimum Gasteiger partial charge on any atom is -0.493 e. The SMILES string of the molecule is COc1cc2c(cc1OC)C(Cc1c[nH]cn1)CC2. The van der Waals surface area contributed by atoms with Gasteiger partial charge in [-0.1, -0.05) is 0 Å². The van der Waals surface area contributed by atoms with Crippen LogP contribution in [0.3, 0.4) is 0 Å². The Morgan fingerprint density at radius 3 is 2.74 bits per heavy atom. The summed E-state index contributed by atoms with van der Waals surface area (Å²) < 4.78 is 10.8. The van der Waals surface area contributed by atoms with Crippen LogP contribution in [0.1, 0.15) is 29.2 Å². The maximum absolute atomic E-state index is 5.40. The second-order valence-electron chi connectivity index (χ2n) is 4.91. The van der Waals surface area contributed by atoms with Gasteiger partial charge in [0, 0.05) is 6.20 Å². The molecular weight excluding hydrogens is 240 g/mol. The number of hydrogen-bond donors (Lipinski definition) is 1. The first-order valence-corrected chi connectivity index (χ1v) is 6.54. The fourth-order valence-corrected chi connectivity index (χ4v) is 2.89. The average molecular weight is 258 g/mol. The van der Waals surface area contributed by atoms with E-state index in [-0.39, 0.29) is 0 Å². The van der Waals surface area contributed by atoms with Crippen LogP contribution in [0, 0.1) is 0 Å². The first kappa shape index (κ1) is 12.1. The van der Waals surface area contributed by atoms with E-state index in [0.717, 1.165) is 30.0 Å². The zero-order valence-electron chi connectivity index (χ0n) is 11.3. The van der Waals surface area contributed by atoms with E-state index >= 15 is 0 Å². The minimum absolute atomic E-state index is 0.526. The van der Waals surface area contributed by atoms with Gasteiger partial charge in [-0.05, 0) is 48.4 Å². The molecule has 0 bridgehead atoms. The zero-order valence-corrected chi connectivity index (χ0v) is 11.3. The molecule has 1 unspecified atom stereocenters. The van der Waals surface area contributed by atoms with E-state index in [9.17, 15) is 0 Å². The molecule has 3 rings (SSSR count). The highest BCUT2D eigenvalue weighted by Crippen LogP contribution is 2.41. The lowest BCUT2D eigenvalue weighted by molar-refractivity contribution is 0.354. The number of methoxy groups -OCH3 is 2. The third-order valence-corrected chi connectivity index (χ3v) is 3.86. The number of ether oxygens (including phenoxy) is 2. The predicted molar refractivity (Wildman–Crippen MR) is 72.9 cm³/mol. The number of aromatic nitrogens is 2. The summed E-state index contributed by atoms with van der Waals surface area (Å²) in [6.45, 7) is 0. The van der Waals surface area contributed by atoms with E-state index < -0.39 is 0 Å². The van der Waals surface area contributed by atoms with Crippen molar-refractivity contribution in [1.82, 2.24) is 9.97 Å². The molecule has 4 nitrogen and oxygen atoms in total. The van der Waals surface area contributed by atoms with Crippen molar-refractivity contribution in [3.05, 3.63) is 41.5 Å². The number of fused-ring (bicyclic) bond motifs is 1. The van der Waals surface area contributed by atoms with Crippen LogP contribution in [0.25, 0.3) is 0 Å². The van der Waals surface area contributed by atoms with Gasteiger partial charge in [-0.2, -0.15) is 0 Å². The Labute approximate surface area is 112 Å². The van der Waals surface area contributed by atoms with E-state index in [0.29, 0.717) is 5.92 Å². The molecule has 1 aliphatic rings. The quantitative estimate of drug-likeness (QED) is 0.917. The Morgan fingerprint density at radius 2 is 2.05 bits per heavy atom. The standard InChI is InChI=1S/C15H18N2O2/c1-18-14-6-11-4-3-10(5-12-8-16-9-17-12)13(11)7-15(14)19-2/h6-10H,3-5H2,1-2H3,(H,16,17). The zero-order chi connectivity index (χ0) is 13.2. The van der Waals surface area contributed by atoms with Crippen molar-refractivity contribution in [2.75, 3.05) is 14.2 Å². The monoisotopic (exact) mass is 258 g/mol. The molecule has 2 aromatic rings. The maximum Gasteiger partial charge on any atom is 0.161 e. The Bertz CT molecular complexity index is 564. The predicted octanol–water partition coefficient (Wildman–Crippen LogP) is 2.70. The molecule has 4 heteroatoms. The van der Waals surface area contributed by atoms with Crippen molar-refractivity contribution in [2.24, 2.45) is 0 Å². The van der Waals surface area contributed by atoms with Crippen molar-refractivity contribution >= 4 is 0 Å². The van der Waals surface area contributed by atoms with Crippen molar-refractivity contribution in [3.8, 4) is 11.5 Å². The molecule has 0 fully saturated rings. The summed E-state index contributed by atoms with van der Waals surface area (Å²) in [5.74, 6) is 2.16. The molecular formula is C15H18N2O2. The molecule has 1 aromatic heterocycles. The van der Waals surface area contributed by atoms with Gasteiger partial charge >= 0.3 is 0 Å². The summed E-state index contributed by atoms with van der Waals surface area (Å²) in [6, 6.07) is 4.23. The normalized spacial score (nSPS) is 17.3. The van der Waals surface area contributed by atoms with Gasteiger partial charge in [0.2, 0.25) is 0 Å². The molecule has 0 saturated carbocycles.